The Morgan fingerprint density at radius 2 is 2.19 bits per heavy atom. The largest absolute Gasteiger partial charge is 0.444 e. The van der Waals surface area contributed by atoms with Gasteiger partial charge in [0, 0.05) is 25.3 Å². The van der Waals surface area contributed by atoms with Gasteiger partial charge in [-0.15, -0.1) is 0 Å². The van der Waals surface area contributed by atoms with Gasteiger partial charge in [-0.3, -0.25) is 0 Å². The highest BCUT2D eigenvalue weighted by Crippen LogP contribution is 2.18. The minimum absolute atomic E-state index is 0.108. The molecule has 1 aliphatic heterocycles. The number of rotatable bonds is 2. The van der Waals surface area contributed by atoms with Crippen molar-refractivity contribution in [2.45, 2.75) is 52.2 Å². The summed E-state index contributed by atoms with van der Waals surface area (Å²) in [4.78, 5) is 18.5. The van der Waals surface area contributed by atoms with Gasteiger partial charge in [0.2, 0.25) is 0 Å². The smallest absolute Gasteiger partial charge is 0.407 e. The summed E-state index contributed by atoms with van der Waals surface area (Å²) < 4.78 is 5.31. The molecular formula is C16H25N3O2. The number of anilines is 1. The number of nitrogens with one attached hydrogen (secondary N) is 1. The summed E-state index contributed by atoms with van der Waals surface area (Å²) in [6.07, 6.45) is 3.55. The quantitative estimate of drug-likeness (QED) is 0.910. The van der Waals surface area contributed by atoms with E-state index in [0.29, 0.717) is 0 Å². The Morgan fingerprint density at radius 1 is 1.43 bits per heavy atom. The van der Waals surface area contributed by atoms with E-state index in [9.17, 15) is 4.79 Å². The van der Waals surface area contributed by atoms with Crippen molar-refractivity contribution in [3.8, 4) is 0 Å². The molecule has 21 heavy (non-hydrogen) atoms. The second-order valence-corrected chi connectivity index (χ2v) is 6.63. The first-order valence-electron chi connectivity index (χ1n) is 7.50. The number of pyridine rings is 1. The van der Waals surface area contributed by atoms with E-state index in [0.717, 1.165) is 37.3 Å². The molecular weight excluding hydrogens is 266 g/mol. The number of piperidine rings is 1. The maximum Gasteiger partial charge on any atom is 0.407 e. The molecule has 1 fully saturated rings. The summed E-state index contributed by atoms with van der Waals surface area (Å²) >= 11 is 0. The number of carbonyl (C=O) groups is 1. The van der Waals surface area contributed by atoms with Gasteiger partial charge < -0.3 is 15.0 Å². The molecule has 1 saturated heterocycles. The molecule has 0 spiro atoms. The fraction of sp³-hybridized carbons (Fsp3) is 0.625. The highest BCUT2D eigenvalue weighted by Gasteiger charge is 2.24. The average molecular weight is 291 g/mol. The Morgan fingerprint density at radius 3 is 2.81 bits per heavy atom. The topological polar surface area (TPSA) is 54.5 Å². The Balaban J connectivity index is 1.91. The first-order chi connectivity index (χ1) is 9.83. The maximum atomic E-state index is 11.8. The van der Waals surface area contributed by atoms with Gasteiger partial charge >= 0.3 is 6.09 Å². The number of amides is 1. The van der Waals surface area contributed by atoms with E-state index in [-0.39, 0.29) is 12.1 Å². The second-order valence-electron chi connectivity index (χ2n) is 6.63. The summed E-state index contributed by atoms with van der Waals surface area (Å²) in [7, 11) is 0. The molecule has 1 aromatic heterocycles. The van der Waals surface area contributed by atoms with E-state index in [4.69, 9.17) is 4.74 Å². The van der Waals surface area contributed by atoms with E-state index >= 15 is 0 Å². The molecule has 116 valence electrons. The lowest BCUT2D eigenvalue weighted by Gasteiger charge is -2.34. The average Bonchev–Trinajstić information content (AvgIpc) is 2.37. The van der Waals surface area contributed by atoms with Crippen molar-refractivity contribution < 1.29 is 9.53 Å². The van der Waals surface area contributed by atoms with Crippen molar-refractivity contribution >= 4 is 11.9 Å². The fourth-order valence-electron chi connectivity index (χ4n) is 2.42. The molecule has 5 nitrogen and oxygen atoms in total. The Hall–Kier alpha value is -1.78. The van der Waals surface area contributed by atoms with Crippen molar-refractivity contribution in [1.29, 1.82) is 0 Å². The van der Waals surface area contributed by atoms with Gasteiger partial charge in [0.05, 0.1) is 0 Å². The lowest BCUT2D eigenvalue weighted by molar-refractivity contribution is 0.0500. The van der Waals surface area contributed by atoms with Gasteiger partial charge in [0.25, 0.3) is 0 Å². The van der Waals surface area contributed by atoms with E-state index in [1.807, 2.05) is 40.0 Å². The minimum atomic E-state index is -0.461. The third-order valence-electron chi connectivity index (χ3n) is 3.36. The number of hydrogen-bond donors (Lipinski definition) is 1. The van der Waals surface area contributed by atoms with Crippen LogP contribution in [0, 0.1) is 6.92 Å². The van der Waals surface area contributed by atoms with Crippen LogP contribution in [-0.4, -0.2) is 35.8 Å². The lowest BCUT2D eigenvalue weighted by Crippen LogP contribution is -2.49. The SMILES string of the molecule is Cc1ccc(N2CCCC(NC(=O)OC(C)(C)C)C2)nc1. The van der Waals surface area contributed by atoms with Gasteiger partial charge in [-0.25, -0.2) is 9.78 Å². The van der Waals surface area contributed by atoms with Crippen LogP contribution in [-0.2, 0) is 4.74 Å². The van der Waals surface area contributed by atoms with E-state index in [1.165, 1.54) is 0 Å². The molecule has 5 heteroatoms. The fourth-order valence-corrected chi connectivity index (χ4v) is 2.42. The van der Waals surface area contributed by atoms with Crippen LogP contribution < -0.4 is 10.2 Å². The van der Waals surface area contributed by atoms with Crippen LogP contribution in [0.1, 0.15) is 39.2 Å². The number of nitrogens with zero attached hydrogens (tertiary/aromatic N) is 2. The first-order valence-corrected chi connectivity index (χ1v) is 7.50. The number of carbonyl (C=O) groups excluding carboxylic acids is 1. The van der Waals surface area contributed by atoms with Crippen LogP contribution in [0.25, 0.3) is 0 Å². The van der Waals surface area contributed by atoms with Crippen molar-refractivity contribution in [2.24, 2.45) is 0 Å². The zero-order valence-corrected chi connectivity index (χ0v) is 13.3. The molecule has 0 radical (unpaired) electrons. The molecule has 0 aromatic carbocycles. The Labute approximate surface area is 126 Å². The highest BCUT2D eigenvalue weighted by atomic mass is 16.6. The third-order valence-corrected chi connectivity index (χ3v) is 3.36. The lowest BCUT2D eigenvalue weighted by atomic mass is 10.1. The number of ether oxygens (including phenoxy) is 1. The second kappa shape index (κ2) is 6.33. The number of aromatic nitrogens is 1. The zero-order chi connectivity index (χ0) is 15.5. The number of aryl methyl sites for hydroxylation is 1. The van der Waals surface area contributed by atoms with Crippen LogP contribution in [0.5, 0.6) is 0 Å². The first kappa shape index (κ1) is 15.6. The molecule has 2 rings (SSSR count). The van der Waals surface area contributed by atoms with Crippen molar-refractivity contribution in [2.75, 3.05) is 18.0 Å². The van der Waals surface area contributed by atoms with Crippen LogP contribution in [0.15, 0.2) is 18.3 Å². The molecule has 1 aromatic rings. The normalized spacial score (nSPS) is 19.2. The molecule has 1 aliphatic rings. The summed E-state index contributed by atoms with van der Waals surface area (Å²) in [5, 5.41) is 2.96. The molecule has 2 heterocycles. The summed E-state index contributed by atoms with van der Waals surface area (Å²) in [5.41, 5.74) is 0.691. The summed E-state index contributed by atoms with van der Waals surface area (Å²) in [6, 6.07) is 4.20. The standard InChI is InChI=1S/C16H25N3O2/c1-12-7-8-14(17-10-12)19-9-5-6-13(11-19)18-15(20)21-16(2,3)4/h7-8,10,13H,5-6,9,11H2,1-4H3,(H,18,20). The van der Waals surface area contributed by atoms with Gasteiger partial charge in [0.15, 0.2) is 0 Å². The molecule has 0 aliphatic carbocycles. The number of alkyl carbamates (subject to hydrolysis) is 1. The third kappa shape index (κ3) is 4.92. The van der Waals surface area contributed by atoms with Crippen molar-refractivity contribution in [3.05, 3.63) is 23.9 Å². The van der Waals surface area contributed by atoms with Crippen molar-refractivity contribution in [3.63, 3.8) is 0 Å². The predicted molar refractivity (Wildman–Crippen MR) is 83.6 cm³/mol. The Kier molecular flexibility index (Phi) is 4.70. The maximum absolute atomic E-state index is 11.8. The highest BCUT2D eigenvalue weighted by molar-refractivity contribution is 5.68. The van der Waals surface area contributed by atoms with Crippen molar-refractivity contribution in [1.82, 2.24) is 10.3 Å². The molecule has 0 saturated carbocycles. The molecule has 1 amide bonds. The van der Waals surface area contributed by atoms with Crippen LogP contribution >= 0.6 is 0 Å². The molecule has 1 unspecified atom stereocenters. The van der Waals surface area contributed by atoms with E-state index < -0.39 is 5.60 Å². The summed E-state index contributed by atoms with van der Waals surface area (Å²) in [6.45, 7) is 9.39. The summed E-state index contributed by atoms with van der Waals surface area (Å²) in [5.74, 6) is 0.969. The molecule has 1 atom stereocenters. The van der Waals surface area contributed by atoms with Gasteiger partial charge in [-0.05, 0) is 52.2 Å². The number of hydrogen-bond acceptors (Lipinski definition) is 4. The van der Waals surface area contributed by atoms with E-state index in [2.05, 4.69) is 21.3 Å². The Bertz CT molecular complexity index is 479. The monoisotopic (exact) mass is 291 g/mol. The van der Waals surface area contributed by atoms with Crippen LogP contribution in [0.2, 0.25) is 0 Å². The van der Waals surface area contributed by atoms with Crippen LogP contribution in [0.4, 0.5) is 10.6 Å². The van der Waals surface area contributed by atoms with E-state index in [1.54, 1.807) is 0 Å². The van der Waals surface area contributed by atoms with Crippen LogP contribution in [0.3, 0.4) is 0 Å². The minimum Gasteiger partial charge on any atom is -0.444 e. The van der Waals surface area contributed by atoms with Gasteiger partial charge in [-0.2, -0.15) is 0 Å². The predicted octanol–water partition coefficient (Wildman–Crippen LogP) is 2.88. The molecule has 0 bridgehead atoms. The van der Waals surface area contributed by atoms with Gasteiger partial charge in [0.1, 0.15) is 11.4 Å². The zero-order valence-electron chi connectivity index (χ0n) is 13.3. The van der Waals surface area contributed by atoms with Gasteiger partial charge in [-0.1, -0.05) is 6.07 Å². The molecule has 1 N–H and O–H groups in total.